The van der Waals surface area contributed by atoms with Gasteiger partial charge in [-0.25, -0.2) is 13.1 Å². The molecule has 27 heavy (non-hydrogen) atoms. The van der Waals surface area contributed by atoms with Crippen molar-refractivity contribution in [2.45, 2.75) is 38.9 Å². The van der Waals surface area contributed by atoms with Gasteiger partial charge in [0.15, 0.2) is 4.77 Å². The third-order valence-corrected chi connectivity index (χ3v) is 7.15. The quantitative estimate of drug-likeness (QED) is 0.716. The second-order valence-electron chi connectivity index (χ2n) is 7.16. The third-order valence-electron chi connectivity index (χ3n) is 5.00. The zero-order valence-corrected chi connectivity index (χ0v) is 17.6. The largest absolute Gasteiger partial charge is 0.320 e. The van der Waals surface area contributed by atoms with Crippen molar-refractivity contribution in [3.63, 3.8) is 0 Å². The molecule has 0 radical (unpaired) electrons. The van der Waals surface area contributed by atoms with Gasteiger partial charge in [0, 0.05) is 32.4 Å². The summed E-state index contributed by atoms with van der Waals surface area (Å²) in [6.45, 7) is 4.33. The molecule has 2 aromatic rings. The van der Waals surface area contributed by atoms with Crippen LogP contribution in [0.15, 0.2) is 36.5 Å². The minimum absolute atomic E-state index is 0.0430. The van der Waals surface area contributed by atoms with Gasteiger partial charge in [-0.1, -0.05) is 37.3 Å². The molecule has 0 unspecified atom stereocenters. The van der Waals surface area contributed by atoms with Crippen LogP contribution in [0.5, 0.6) is 0 Å². The van der Waals surface area contributed by atoms with Gasteiger partial charge in [0.25, 0.3) is 0 Å². The van der Waals surface area contributed by atoms with Gasteiger partial charge < -0.3 is 9.13 Å². The molecule has 1 fully saturated rings. The first-order valence-electron chi connectivity index (χ1n) is 9.43. The van der Waals surface area contributed by atoms with Crippen LogP contribution in [-0.2, 0) is 23.7 Å². The van der Waals surface area contributed by atoms with Crippen LogP contribution in [0.4, 0.5) is 0 Å². The fourth-order valence-corrected chi connectivity index (χ4v) is 5.16. The lowest BCUT2D eigenvalue weighted by molar-refractivity contribution is 0.165. The van der Waals surface area contributed by atoms with Crippen LogP contribution in [0.2, 0.25) is 0 Å². The third kappa shape index (κ3) is 5.07. The molecule has 0 bridgehead atoms. The lowest BCUT2D eigenvalue weighted by Crippen LogP contribution is -2.45. The molecule has 0 spiro atoms. The van der Waals surface area contributed by atoms with Gasteiger partial charge in [-0.05, 0) is 37.0 Å². The molecule has 1 N–H and O–H groups in total. The SMILES string of the molecule is CCCS(=O)(=O)NC1CCN(Cn2cc(-c3ccccc3)n(C)c2=S)CC1. The summed E-state index contributed by atoms with van der Waals surface area (Å²) >= 11 is 5.61. The Morgan fingerprint density at radius 2 is 1.85 bits per heavy atom. The van der Waals surface area contributed by atoms with Crippen LogP contribution in [0.3, 0.4) is 0 Å². The second-order valence-corrected chi connectivity index (χ2v) is 9.40. The number of rotatable bonds is 7. The highest BCUT2D eigenvalue weighted by atomic mass is 32.2. The van der Waals surface area contributed by atoms with Gasteiger partial charge in [-0.2, -0.15) is 0 Å². The summed E-state index contributed by atoms with van der Waals surface area (Å²) in [4.78, 5) is 2.33. The molecule has 1 aliphatic heterocycles. The summed E-state index contributed by atoms with van der Waals surface area (Å²) in [5.41, 5.74) is 2.25. The fraction of sp³-hybridized carbons (Fsp3) is 0.526. The number of benzene rings is 1. The van der Waals surface area contributed by atoms with E-state index in [2.05, 4.69) is 32.5 Å². The molecule has 8 heteroatoms. The van der Waals surface area contributed by atoms with E-state index in [1.54, 1.807) is 0 Å². The van der Waals surface area contributed by atoms with Crippen molar-refractivity contribution in [1.29, 1.82) is 0 Å². The number of sulfonamides is 1. The van der Waals surface area contributed by atoms with E-state index >= 15 is 0 Å². The molecular weight excluding hydrogens is 380 g/mol. The first kappa shape index (κ1) is 20.3. The van der Waals surface area contributed by atoms with E-state index < -0.39 is 10.0 Å². The molecule has 0 amide bonds. The summed E-state index contributed by atoms with van der Waals surface area (Å²) in [6, 6.07) is 10.3. The van der Waals surface area contributed by atoms with Gasteiger partial charge in [-0.3, -0.25) is 4.90 Å². The highest BCUT2D eigenvalue weighted by Gasteiger charge is 2.23. The first-order valence-corrected chi connectivity index (χ1v) is 11.5. The number of hydrogen-bond donors (Lipinski definition) is 1. The molecule has 6 nitrogen and oxygen atoms in total. The van der Waals surface area contributed by atoms with Gasteiger partial charge in [0.05, 0.1) is 18.1 Å². The molecule has 1 aromatic heterocycles. The van der Waals surface area contributed by atoms with Gasteiger partial charge in [-0.15, -0.1) is 0 Å². The second kappa shape index (κ2) is 8.68. The van der Waals surface area contributed by atoms with E-state index in [1.807, 2.05) is 36.7 Å². The minimum atomic E-state index is -3.14. The summed E-state index contributed by atoms with van der Waals surface area (Å²) in [6.07, 6.45) is 4.40. The van der Waals surface area contributed by atoms with Crippen LogP contribution < -0.4 is 4.72 Å². The maximum absolute atomic E-state index is 11.9. The number of likely N-dealkylation sites (tertiary alicyclic amines) is 1. The lowest BCUT2D eigenvalue weighted by Gasteiger charge is -2.32. The standard InChI is InChI=1S/C19H28N4O2S2/c1-3-13-27(24,25)20-17-9-11-22(12-10-17)15-23-14-18(21(2)19(23)26)16-7-5-4-6-8-16/h4-8,14,17,20H,3,9-13,15H2,1-2H3. The number of aromatic nitrogens is 2. The van der Waals surface area contributed by atoms with E-state index in [9.17, 15) is 8.42 Å². The first-order chi connectivity index (χ1) is 12.9. The average Bonchev–Trinajstić information content (AvgIpc) is 2.92. The smallest absolute Gasteiger partial charge is 0.211 e. The Bertz CT molecular complexity index is 911. The van der Waals surface area contributed by atoms with Crippen molar-refractivity contribution in [2.75, 3.05) is 18.8 Å². The Balaban J connectivity index is 1.62. The Kier molecular flexibility index (Phi) is 6.52. The molecule has 2 heterocycles. The monoisotopic (exact) mass is 408 g/mol. The van der Waals surface area contributed by atoms with Crippen LogP contribution in [0.1, 0.15) is 26.2 Å². The van der Waals surface area contributed by atoms with E-state index in [1.165, 1.54) is 0 Å². The summed E-state index contributed by atoms with van der Waals surface area (Å²) in [7, 11) is -1.15. The minimum Gasteiger partial charge on any atom is -0.320 e. The average molecular weight is 409 g/mol. The normalized spacial score (nSPS) is 16.7. The molecule has 1 saturated heterocycles. The molecular formula is C19H28N4O2S2. The van der Waals surface area contributed by atoms with Gasteiger partial charge >= 0.3 is 0 Å². The van der Waals surface area contributed by atoms with Crippen molar-refractivity contribution in [1.82, 2.24) is 18.8 Å². The number of nitrogens with zero attached hydrogens (tertiary/aromatic N) is 3. The Labute approximate surface area is 166 Å². The predicted molar refractivity (Wildman–Crippen MR) is 111 cm³/mol. The highest BCUT2D eigenvalue weighted by Crippen LogP contribution is 2.21. The molecule has 0 atom stereocenters. The van der Waals surface area contributed by atoms with Crippen LogP contribution in [0, 0.1) is 4.77 Å². The Morgan fingerprint density at radius 3 is 2.48 bits per heavy atom. The number of imidazole rings is 1. The number of hydrogen-bond acceptors (Lipinski definition) is 4. The van der Waals surface area contributed by atoms with Crippen LogP contribution in [0.25, 0.3) is 11.3 Å². The van der Waals surface area contributed by atoms with Crippen molar-refractivity contribution in [3.05, 3.63) is 41.3 Å². The molecule has 1 aliphatic rings. The number of nitrogens with one attached hydrogen (secondary N) is 1. The molecule has 0 aliphatic carbocycles. The highest BCUT2D eigenvalue weighted by molar-refractivity contribution is 7.89. The van der Waals surface area contributed by atoms with E-state index in [0.29, 0.717) is 6.42 Å². The predicted octanol–water partition coefficient (Wildman–Crippen LogP) is 2.97. The zero-order chi connectivity index (χ0) is 19.4. The van der Waals surface area contributed by atoms with E-state index in [4.69, 9.17) is 12.2 Å². The molecule has 1 aromatic carbocycles. The van der Waals surface area contributed by atoms with Crippen molar-refractivity contribution < 1.29 is 8.42 Å². The lowest BCUT2D eigenvalue weighted by atomic mass is 10.1. The van der Waals surface area contributed by atoms with Crippen molar-refractivity contribution in [2.24, 2.45) is 7.05 Å². The molecule has 3 rings (SSSR count). The fourth-order valence-electron chi connectivity index (χ4n) is 3.55. The van der Waals surface area contributed by atoms with Crippen molar-refractivity contribution >= 4 is 22.2 Å². The van der Waals surface area contributed by atoms with Crippen LogP contribution in [-0.4, -0.2) is 47.3 Å². The maximum atomic E-state index is 11.9. The summed E-state index contributed by atoms with van der Waals surface area (Å²) < 4.78 is 31.7. The van der Waals surface area contributed by atoms with Crippen LogP contribution >= 0.6 is 12.2 Å². The Morgan fingerprint density at radius 1 is 1.19 bits per heavy atom. The van der Waals surface area contributed by atoms with E-state index in [0.717, 1.165) is 48.6 Å². The van der Waals surface area contributed by atoms with Gasteiger partial charge in [0.2, 0.25) is 10.0 Å². The summed E-state index contributed by atoms with van der Waals surface area (Å²) in [5.74, 6) is 0.203. The Hall–Kier alpha value is -1.48. The summed E-state index contributed by atoms with van der Waals surface area (Å²) in [5, 5.41) is 0. The maximum Gasteiger partial charge on any atom is 0.211 e. The van der Waals surface area contributed by atoms with Crippen molar-refractivity contribution in [3.8, 4) is 11.3 Å². The topological polar surface area (TPSA) is 59.3 Å². The van der Waals surface area contributed by atoms with E-state index in [-0.39, 0.29) is 11.8 Å². The molecule has 0 saturated carbocycles. The molecule has 148 valence electrons. The zero-order valence-electron chi connectivity index (χ0n) is 16.0. The number of piperidine rings is 1. The van der Waals surface area contributed by atoms with Gasteiger partial charge in [0.1, 0.15) is 0 Å².